The normalized spacial score (nSPS) is 23.6. The Kier molecular flexibility index (Phi) is 8.29. The Hall–Kier alpha value is -1.66. The number of β-amino-alcohol motifs (C(OH)–C–C–N with tert-alkyl or cyclic N) is 1. The van der Waals surface area contributed by atoms with Crippen molar-refractivity contribution in [1.29, 1.82) is 0 Å². The van der Waals surface area contributed by atoms with E-state index in [2.05, 4.69) is 45.1 Å². The molecule has 1 fully saturated rings. The molecule has 2 aliphatic heterocycles. The first-order valence-electron chi connectivity index (χ1n) is 11.6. The minimum Gasteiger partial charge on any atom is -0.390 e. The van der Waals surface area contributed by atoms with E-state index < -0.39 is 18.7 Å². The number of aliphatic hydroxyl groups is 3. The zero-order chi connectivity index (χ0) is 23.4. The lowest BCUT2D eigenvalue weighted by molar-refractivity contribution is -0.0985. The van der Waals surface area contributed by atoms with Gasteiger partial charge in [-0.15, -0.1) is 11.8 Å². The number of benzene rings is 1. The van der Waals surface area contributed by atoms with Crippen molar-refractivity contribution in [2.45, 2.75) is 36.5 Å². The van der Waals surface area contributed by atoms with Crippen LogP contribution in [-0.2, 0) is 6.54 Å². The predicted octanol–water partition coefficient (Wildman–Crippen LogP) is 0.692. The molecule has 0 aliphatic carbocycles. The highest BCUT2D eigenvalue weighted by molar-refractivity contribution is 7.99. The van der Waals surface area contributed by atoms with Gasteiger partial charge in [0.1, 0.15) is 5.69 Å². The summed E-state index contributed by atoms with van der Waals surface area (Å²) in [6.45, 7) is 6.01. The first-order chi connectivity index (χ1) is 15.9. The Balaban J connectivity index is 1.19. The van der Waals surface area contributed by atoms with Gasteiger partial charge in [0.15, 0.2) is 18.4 Å². The maximum absolute atomic E-state index is 10.7. The molecule has 4 rings (SSSR count). The maximum Gasteiger partial charge on any atom is 0.189 e. The van der Waals surface area contributed by atoms with Crippen molar-refractivity contribution >= 4 is 17.6 Å². The number of fused-ring (bicyclic) bond motifs is 1. The average Bonchev–Trinajstić information content (AvgIpc) is 3.24. The number of aliphatic hydroxyl groups excluding tert-OH is 3. The van der Waals surface area contributed by atoms with Gasteiger partial charge < -0.3 is 29.7 Å². The van der Waals surface area contributed by atoms with Gasteiger partial charge in [0, 0.05) is 44.7 Å². The van der Waals surface area contributed by atoms with Gasteiger partial charge in [-0.2, -0.15) is 0 Å². The molecule has 2 aliphatic rings. The van der Waals surface area contributed by atoms with E-state index >= 15 is 0 Å². The minimum atomic E-state index is -0.968. The molecule has 182 valence electrons. The fourth-order valence-electron chi connectivity index (χ4n) is 4.54. The third-order valence-corrected chi connectivity index (χ3v) is 7.60. The van der Waals surface area contributed by atoms with Crippen LogP contribution in [0.5, 0.6) is 0 Å². The summed E-state index contributed by atoms with van der Waals surface area (Å²) >= 11 is 1.91. The number of anilines is 1. The molecule has 0 amide bonds. The Morgan fingerprint density at radius 3 is 2.45 bits per heavy atom. The lowest BCUT2D eigenvalue weighted by Gasteiger charge is -2.40. The van der Waals surface area contributed by atoms with Crippen LogP contribution in [0, 0.1) is 0 Å². The highest BCUT2D eigenvalue weighted by Crippen LogP contribution is 2.33. The quantitative estimate of drug-likeness (QED) is 0.357. The zero-order valence-electron chi connectivity index (χ0n) is 19.5. The first-order valence-corrected chi connectivity index (χ1v) is 12.6. The molecule has 1 aromatic carbocycles. The Morgan fingerprint density at radius 2 is 1.73 bits per heavy atom. The van der Waals surface area contributed by atoms with Gasteiger partial charge in [-0.1, -0.05) is 18.2 Å². The second-order valence-electron chi connectivity index (χ2n) is 8.91. The van der Waals surface area contributed by atoms with Gasteiger partial charge >= 0.3 is 0 Å². The number of piperazine rings is 1. The molecule has 3 heterocycles. The summed E-state index contributed by atoms with van der Waals surface area (Å²) in [5, 5.41) is 31.5. The van der Waals surface area contributed by atoms with E-state index in [-0.39, 0.29) is 0 Å². The molecule has 3 N–H and O–H groups in total. The molecule has 1 aromatic heterocycles. The molecule has 3 atom stereocenters. The van der Waals surface area contributed by atoms with Gasteiger partial charge in [0.05, 0.1) is 19.0 Å². The molecule has 0 saturated carbocycles. The Labute approximate surface area is 200 Å². The van der Waals surface area contributed by atoms with Gasteiger partial charge in [0.25, 0.3) is 0 Å². The number of nitrogens with zero attached hydrogens (tertiary/aromatic N) is 6. The van der Waals surface area contributed by atoms with Gasteiger partial charge in [-0.05, 0) is 37.9 Å². The zero-order valence-corrected chi connectivity index (χ0v) is 20.3. The van der Waals surface area contributed by atoms with Gasteiger partial charge in [0.2, 0.25) is 0 Å². The third-order valence-electron chi connectivity index (χ3n) is 6.50. The van der Waals surface area contributed by atoms with Crippen molar-refractivity contribution in [2.75, 3.05) is 64.0 Å². The van der Waals surface area contributed by atoms with Crippen LogP contribution in [0.15, 0.2) is 41.6 Å². The number of rotatable bonds is 9. The van der Waals surface area contributed by atoms with E-state index in [0.29, 0.717) is 24.6 Å². The molecule has 2 aromatic rings. The molecule has 0 spiro atoms. The number of imidazole rings is 1. The molecule has 3 unspecified atom stereocenters. The van der Waals surface area contributed by atoms with Crippen LogP contribution in [0.1, 0.15) is 18.3 Å². The Bertz CT molecular complexity index is 876. The number of hydrogen-bond acceptors (Lipinski definition) is 9. The van der Waals surface area contributed by atoms with Crippen LogP contribution in [-0.4, -0.2) is 111 Å². The second kappa shape index (κ2) is 11.2. The summed E-state index contributed by atoms with van der Waals surface area (Å²) < 4.78 is 1.80. The molecule has 0 bridgehead atoms. The summed E-state index contributed by atoms with van der Waals surface area (Å²) in [6, 6.07) is 10.5. The number of aromatic nitrogens is 2. The smallest absolute Gasteiger partial charge is 0.189 e. The monoisotopic (exact) mass is 476 g/mol. The van der Waals surface area contributed by atoms with E-state index in [1.54, 1.807) is 29.9 Å². The van der Waals surface area contributed by atoms with E-state index in [1.807, 2.05) is 11.8 Å². The van der Waals surface area contributed by atoms with Crippen molar-refractivity contribution in [3.8, 4) is 0 Å². The average molecular weight is 477 g/mol. The summed E-state index contributed by atoms with van der Waals surface area (Å²) in [5.41, 5.74) is 0.600. The van der Waals surface area contributed by atoms with E-state index in [9.17, 15) is 15.3 Å². The summed E-state index contributed by atoms with van der Waals surface area (Å²) in [4.78, 5) is 13.6. The highest BCUT2D eigenvalue weighted by atomic mass is 32.2. The third kappa shape index (κ3) is 5.89. The van der Waals surface area contributed by atoms with Crippen molar-refractivity contribution in [3.05, 3.63) is 42.4 Å². The fourth-order valence-corrected chi connectivity index (χ4v) is 5.40. The molecular weight excluding hydrogens is 440 g/mol. The summed E-state index contributed by atoms with van der Waals surface area (Å²) in [6.07, 6.45) is 0.337. The molecule has 1 saturated heterocycles. The predicted molar refractivity (Wildman–Crippen MR) is 130 cm³/mol. The van der Waals surface area contributed by atoms with Crippen molar-refractivity contribution in [2.24, 2.45) is 0 Å². The molecule has 9 nitrogen and oxygen atoms in total. The van der Waals surface area contributed by atoms with Crippen LogP contribution in [0.3, 0.4) is 0 Å². The molecular formula is C23H36N6O3S. The minimum absolute atomic E-state index is 0.355. The van der Waals surface area contributed by atoms with Crippen LogP contribution in [0.25, 0.3) is 0 Å². The first kappa shape index (κ1) is 24.5. The van der Waals surface area contributed by atoms with E-state index in [4.69, 9.17) is 0 Å². The lowest BCUT2D eigenvalue weighted by atomic mass is 10.2. The van der Waals surface area contributed by atoms with Gasteiger partial charge in [-0.25, -0.2) is 9.88 Å². The standard InChI is InChI=1S/C23H36N6O3S/c1-25-21-20(22(31)26(2)23(25)32)29(17-24-21)16-18(30)15-28-12-10-27(11-13-28)9-6-14-33-19-7-4-3-5-8-19/h3-5,7-8,17-18,22-23,30-32H,6,9-16H2,1-2H3. The highest BCUT2D eigenvalue weighted by Gasteiger charge is 2.37. The number of hydrogen-bond donors (Lipinski definition) is 3. The number of thioether (sulfide) groups is 1. The SMILES string of the molecule is CN1c2ncn(CC(O)CN3CCN(CCCSc4ccccc4)CC3)c2C(O)N(C)C1O. The summed E-state index contributed by atoms with van der Waals surface area (Å²) in [5.74, 6) is 1.67. The van der Waals surface area contributed by atoms with Crippen LogP contribution < -0.4 is 4.90 Å². The van der Waals surface area contributed by atoms with Crippen LogP contribution in [0.2, 0.25) is 0 Å². The lowest BCUT2D eigenvalue weighted by Crippen LogP contribution is -2.51. The van der Waals surface area contributed by atoms with E-state index in [1.165, 1.54) is 16.2 Å². The van der Waals surface area contributed by atoms with Crippen molar-refractivity contribution < 1.29 is 15.3 Å². The largest absolute Gasteiger partial charge is 0.390 e. The fraction of sp³-hybridized carbons (Fsp3) is 0.609. The second-order valence-corrected chi connectivity index (χ2v) is 10.1. The van der Waals surface area contributed by atoms with Crippen molar-refractivity contribution in [1.82, 2.24) is 24.3 Å². The van der Waals surface area contributed by atoms with Gasteiger partial charge in [-0.3, -0.25) is 4.90 Å². The van der Waals surface area contributed by atoms with Crippen molar-refractivity contribution in [3.63, 3.8) is 0 Å². The van der Waals surface area contributed by atoms with Crippen LogP contribution >= 0.6 is 11.8 Å². The molecule has 33 heavy (non-hydrogen) atoms. The Morgan fingerprint density at radius 1 is 1.03 bits per heavy atom. The summed E-state index contributed by atoms with van der Waals surface area (Å²) in [7, 11) is 3.39. The molecule has 10 heteroatoms. The molecule has 0 radical (unpaired) electrons. The van der Waals surface area contributed by atoms with E-state index in [0.717, 1.165) is 38.5 Å². The van der Waals surface area contributed by atoms with Crippen LogP contribution in [0.4, 0.5) is 5.82 Å². The topological polar surface area (TPSA) is 91.5 Å². The maximum atomic E-state index is 10.7.